The Morgan fingerprint density at radius 1 is 1.00 bits per heavy atom. The molecule has 0 saturated heterocycles. The fraction of sp³-hybridized carbons (Fsp3) is 0.800. The predicted molar refractivity (Wildman–Crippen MR) is 46.4 cm³/mol. The van der Waals surface area contributed by atoms with Crippen molar-refractivity contribution in [3.05, 3.63) is 12.2 Å². The third-order valence-corrected chi connectivity index (χ3v) is 3.73. The summed E-state index contributed by atoms with van der Waals surface area (Å²) in [5, 5.41) is 18.3. The number of aliphatic hydroxyl groups excluding tert-OH is 2. The van der Waals surface area contributed by atoms with E-state index in [0.717, 1.165) is 0 Å². The molecule has 68 valence electrons. The van der Waals surface area contributed by atoms with Gasteiger partial charge < -0.3 is 10.2 Å². The van der Waals surface area contributed by atoms with E-state index >= 15 is 0 Å². The number of allylic oxidation sites excluding steroid dienone is 2. The maximum Gasteiger partial charge on any atom is 0.0468 e. The zero-order valence-electron chi connectivity index (χ0n) is 7.35. The van der Waals surface area contributed by atoms with Gasteiger partial charge in [-0.1, -0.05) is 19.1 Å². The Morgan fingerprint density at radius 3 is 1.75 bits per heavy atom. The van der Waals surface area contributed by atoms with Gasteiger partial charge in [-0.05, 0) is 29.6 Å². The van der Waals surface area contributed by atoms with E-state index < -0.39 is 0 Å². The highest BCUT2D eigenvalue weighted by Crippen LogP contribution is 2.51. The van der Waals surface area contributed by atoms with Gasteiger partial charge in [-0.15, -0.1) is 0 Å². The average Bonchev–Trinajstić information content (AvgIpc) is 2.58. The van der Waals surface area contributed by atoms with Crippen LogP contribution in [0.2, 0.25) is 0 Å². The summed E-state index contributed by atoms with van der Waals surface area (Å²) in [5.41, 5.74) is 0. The summed E-state index contributed by atoms with van der Waals surface area (Å²) in [7, 11) is 0. The molecule has 2 aliphatic rings. The van der Waals surface area contributed by atoms with Crippen molar-refractivity contribution in [2.45, 2.75) is 6.92 Å². The molecule has 0 aromatic heterocycles. The second-order valence-electron chi connectivity index (χ2n) is 4.09. The number of hydrogen-bond donors (Lipinski definition) is 2. The van der Waals surface area contributed by atoms with Crippen LogP contribution in [-0.2, 0) is 0 Å². The zero-order chi connectivity index (χ0) is 8.72. The second-order valence-corrected chi connectivity index (χ2v) is 4.09. The van der Waals surface area contributed by atoms with Crippen LogP contribution in [0.15, 0.2) is 12.2 Å². The lowest BCUT2D eigenvalue weighted by molar-refractivity contribution is 0.112. The largest absolute Gasteiger partial charge is 0.396 e. The maximum absolute atomic E-state index is 9.16. The minimum Gasteiger partial charge on any atom is -0.396 e. The van der Waals surface area contributed by atoms with Gasteiger partial charge >= 0.3 is 0 Å². The molecule has 0 aliphatic heterocycles. The summed E-state index contributed by atoms with van der Waals surface area (Å²) >= 11 is 0. The Kier molecular flexibility index (Phi) is 1.97. The highest BCUT2D eigenvalue weighted by molar-refractivity contribution is 5.16. The Bertz CT molecular complexity index is 180. The van der Waals surface area contributed by atoms with Crippen LogP contribution in [0.3, 0.4) is 0 Å². The Morgan fingerprint density at radius 2 is 1.42 bits per heavy atom. The van der Waals surface area contributed by atoms with E-state index in [-0.39, 0.29) is 13.2 Å². The van der Waals surface area contributed by atoms with Crippen molar-refractivity contribution < 1.29 is 10.2 Å². The molecule has 0 amide bonds. The molecule has 2 nitrogen and oxygen atoms in total. The van der Waals surface area contributed by atoms with Crippen molar-refractivity contribution in [3.63, 3.8) is 0 Å². The van der Waals surface area contributed by atoms with E-state index in [0.29, 0.717) is 29.6 Å². The molecule has 0 aromatic rings. The fourth-order valence-corrected chi connectivity index (χ4v) is 3.01. The van der Waals surface area contributed by atoms with Crippen molar-refractivity contribution in [2.24, 2.45) is 29.6 Å². The maximum atomic E-state index is 9.16. The summed E-state index contributed by atoms with van der Waals surface area (Å²) in [6.45, 7) is 2.66. The van der Waals surface area contributed by atoms with Crippen LogP contribution in [-0.4, -0.2) is 23.4 Å². The van der Waals surface area contributed by atoms with Crippen LogP contribution >= 0.6 is 0 Å². The zero-order valence-corrected chi connectivity index (χ0v) is 7.35. The molecular weight excluding hydrogens is 152 g/mol. The van der Waals surface area contributed by atoms with Crippen LogP contribution in [0.25, 0.3) is 0 Å². The van der Waals surface area contributed by atoms with Gasteiger partial charge in [0.1, 0.15) is 0 Å². The van der Waals surface area contributed by atoms with E-state index in [9.17, 15) is 0 Å². The molecule has 1 saturated carbocycles. The smallest absolute Gasteiger partial charge is 0.0468 e. The molecule has 2 bridgehead atoms. The third-order valence-electron chi connectivity index (χ3n) is 3.73. The molecule has 2 N–H and O–H groups in total. The second kappa shape index (κ2) is 2.86. The Balaban J connectivity index is 2.21. The van der Waals surface area contributed by atoms with Gasteiger partial charge in [0.15, 0.2) is 0 Å². The summed E-state index contributed by atoms with van der Waals surface area (Å²) in [5.74, 6) is 2.26. The molecule has 2 heteroatoms. The SMILES string of the molecule is CC1C2C=CC1C(CO)C2CO. The molecule has 0 heterocycles. The first-order valence-electron chi connectivity index (χ1n) is 4.69. The normalized spacial score (nSPS) is 50.4. The standard InChI is InChI=1S/C10H16O2/c1-6-7-2-3-8(6)10(5-12)9(7)4-11/h2-3,6-12H,4-5H2,1H3. The van der Waals surface area contributed by atoms with E-state index in [1.807, 2.05) is 0 Å². The van der Waals surface area contributed by atoms with Crippen LogP contribution in [0, 0.1) is 29.6 Å². The highest BCUT2D eigenvalue weighted by Gasteiger charge is 2.48. The lowest BCUT2D eigenvalue weighted by Gasteiger charge is -2.23. The molecule has 0 spiro atoms. The van der Waals surface area contributed by atoms with Gasteiger partial charge in [-0.25, -0.2) is 0 Å². The van der Waals surface area contributed by atoms with Crippen molar-refractivity contribution in [3.8, 4) is 0 Å². The van der Waals surface area contributed by atoms with Crippen molar-refractivity contribution in [1.29, 1.82) is 0 Å². The molecule has 12 heavy (non-hydrogen) atoms. The van der Waals surface area contributed by atoms with E-state index in [1.54, 1.807) is 0 Å². The van der Waals surface area contributed by atoms with Crippen LogP contribution in [0.5, 0.6) is 0 Å². The molecule has 0 radical (unpaired) electrons. The summed E-state index contributed by atoms with van der Waals surface area (Å²) in [6.07, 6.45) is 4.42. The number of aliphatic hydroxyl groups is 2. The quantitative estimate of drug-likeness (QED) is 0.594. The van der Waals surface area contributed by atoms with Gasteiger partial charge in [0.2, 0.25) is 0 Å². The van der Waals surface area contributed by atoms with Crippen LogP contribution in [0.1, 0.15) is 6.92 Å². The molecule has 1 fully saturated rings. The predicted octanol–water partition coefficient (Wildman–Crippen LogP) is 0.655. The molecule has 2 rings (SSSR count). The fourth-order valence-electron chi connectivity index (χ4n) is 3.01. The van der Waals surface area contributed by atoms with Gasteiger partial charge in [-0.3, -0.25) is 0 Å². The number of rotatable bonds is 2. The molecule has 2 aliphatic carbocycles. The first-order valence-corrected chi connectivity index (χ1v) is 4.69. The van der Waals surface area contributed by atoms with Gasteiger partial charge in [0.05, 0.1) is 0 Å². The Hall–Kier alpha value is -0.340. The monoisotopic (exact) mass is 168 g/mol. The lowest BCUT2D eigenvalue weighted by atomic mass is 9.84. The summed E-state index contributed by atoms with van der Waals surface area (Å²) in [4.78, 5) is 0. The van der Waals surface area contributed by atoms with Crippen molar-refractivity contribution in [2.75, 3.05) is 13.2 Å². The van der Waals surface area contributed by atoms with Gasteiger partial charge in [-0.2, -0.15) is 0 Å². The molecule has 0 aromatic carbocycles. The number of hydrogen-bond acceptors (Lipinski definition) is 2. The van der Waals surface area contributed by atoms with Crippen molar-refractivity contribution >= 4 is 0 Å². The third kappa shape index (κ3) is 0.882. The van der Waals surface area contributed by atoms with Crippen LogP contribution < -0.4 is 0 Å². The first-order chi connectivity index (χ1) is 5.79. The van der Waals surface area contributed by atoms with E-state index in [1.165, 1.54) is 0 Å². The van der Waals surface area contributed by atoms with E-state index in [4.69, 9.17) is 10.2 Å². The summed E-state index contributed by atoms with van der Waals surface area (Å²) in [6, 6.07) is 0. The Labute approximate surface area is 72.9 Å². The van der Waals surface area contributed by atoms with Gasteiger partial charge in [0, 0.05) is 13.2 Å². The average molecular weight is 168 g/mol. The first kappa shape index (κ1) is 8.27. The van der Waals surface area contributed by atoms with Crippen LogP contribution in [0.4, 0.5) is 0 Å². The molecule has 4 unspecified atom stereocenters. The van der Waals surface area contributed by atoms with Crippen molar-refractivity contribution in [1.82, 2.24) is 0 Å². The molecule has 4 atom stereocenters. The van der Waals surface area contributed by atoms with Gasteiger partial charge in [0.25, 0.3) is 0 Å². The minimum absolute atomic E-state index is 0.223. The molecular formula is C10H16O2. The topological polar surface area (TPSA) is 40.5 Å². The lowest BCUT2D eigenvalue weighted by Crippen LogP contribution is -2.25. The highest BCUT2D eigenvalue weighted by atomic mass is 16.3. The minimum atomic E-state index is 0.223. The summed E-state index contributed by atoms with van der Waals surface area (Å²) < 4.78 is 0. The van der Waals surface area contributed by atoms with E-state index in [2.05, 4.69) is 19.1 Å². The number of fused-ring (bicyclic) bond motifs is 2.